The van der Waals surface area contributed by atoms with Crippen LogP contribution in [0.25, 0.3) is 11.0 Å². The van der Waals surface area contributed by atoms with E-state index in [9.17, 15) is 4.79 Å². The Kier molecular flexibility index (Phi) is 5.12. The number of aromatic nitrogens is 3. The van der Waals surface area contributed by atoms with Crippen LogP contribution in [-0.4, -0.2) is 20.4 Å². The van der Waals surface area contributed by atoms with Crippen LogP contribution >= 0.6 is 0 Å². The van der Waals surface area contributed by atoms with Gasteiger partial charge in [-0.1, -0.05) is 38.5 Å². The average molecular weight is 336 g/mol. The molecule has 0 fully saturated rings. The van der Waals surface area contributed by atoms with Crippen LogP contribution in [0.5, 0.6) is 0 Å². The SMILES string of the molecule is CCC(C)Cn1c(C(C)NC(=O)c2ccccn2)nc2ccccc21. The van der Waals surface area contributed by atoms with Gasteiger partial charge in [0.05, 0.1) is 17.1 Å². The molecule has 130 valence electrons. The lowest BCUT2D eigenvalue weighted by Crippen LogP contribution is -2.29. The van der Waals surface area contributed by atoms with E-state index in [0.29, 0.717) is 11.6 Å². The molecule has 1 N–H and O–H groups in total. The zero-order valence-corrected chi connectivity index (χ0v) is 14.9. The highest BCUT2D eigenvalue weighted by Gasteiger charge is 2.20. The summed E-state index contributed by atoms with van der Waals surface area (Å²) in [6, 6.07) is 13.2. The molecular formula is C20H24N4O. The Morgan fingerprint density at radius 3 is 2.64 bits per heavy atom. The fourth-order valence-electron chi connectivity index (χ4n) is 2.89. The minimum absolute atomic E-state index is 0.185. The molecule has 1 amide bonds. The molecule has 0 bridgehead atoms. The standard InChI is InChI=1S/C20H24N4O/c1-4-14(2)13-24-18-11-6-5-9-16(18)23-19(24)15(3)22-20(25)17-10-7-8-12-21-17/h5-12,14-15H,4,13H2,1-3H3,(H,22,25). The zero-order valence-electron chi connectivity index (χ0n) is 14.9. The molecule has 2 atom stereocenters. The summed E-state index contributed by atoms with van der Waals surface area (Å²) in [4.78, 5) is 21.3. The van der Waals surface area contributed by atoms with Gasteiger partial charge in [0.25, 0.3) is 5.91 Å². The van der Waals surface area contributed by atoms with Crippen LogP contribution in [-0.2, 0) is 6.54 Å². The summed E-state index contributed by atoms with van der Waals surface area (Å²) in [5, 5.41) is 3.02. The Bertz CT molecular complexity index is 857. The van der Waals surface area contributed by atoms with Crippen LogP contribution < -0.4 is 5.32 Å². The van der Waals surface area contributed by atoms with E-state index in [1.807, 2.05) is 31.2 Å². The minimum atomic E-state index is -0.203. The maximum absolute atomic E-state index is 12.4. The number of hydrogen-bond donors (Lipinski definition) is 1. The lowest BCUT2D eigenvalue weighted by atomic mass is 10.1. The molecular weight excluding hydrogens is 312 g/mol. The van der Waals surface area contributed by atoms with Gasteiger partial charge in [-0.2, -0.15) is 0 Å². The van der Waals surface area contributed by atoms with Crippen molar-refractivity contribution in [1.29, 1.82) is 0 Å². The van der Waals surface area contributed by atoms with Crippen molar-refractivity contribution in [3.8, 4) is 0 Å². The number of nitrogens with zero attached hydrogens (tertiary/aromatic N) is 3. The van der Waals surface area contributed by atoms with Crippen molar-refractivity contribution in [3.05, 3.63) is 60.2 Å². The van der Waals surface area contributed by atoms with Gasteiger partial charge in [0.15, 0.2) is 0 Å². The molecule has 1 aromatic carbocycles. The summed E-state index contributed by atoms with van der Waals surface area (Å²) in [7, 11) is 0. The van der Waals surface area contributed by atoms with Crippen LogP contribution in [0, 0.1) is 5.92 Å². The molecule has 3 rings (SSSR count). The van der Waals surface area contributed by atoms with Gasteiger partial charge < -0.3 is 9.88 Å². The fourth-order valence-corrected chi connectivity index (χ4v) is 2.89. The van der Waals surface area contributed by atoms with Crippen molar-refractivity contribution >= 4 is 16.9 Å². The predicted molar refractivity (Wildman–Crippen MR) is 99.3 cm³/mol. The third-order valence-electron chi connectivity index (χ3n) is 4.51. The van der Waals surface area contributed by atoms with E-state index >= 15 is 0 Å². The fraction of sp³-hybridized carbons (Fsp3) is 0.350. The highest BCUT2D eigenvalue weighted by Crippen LogP contribution is 2.23. The number of rotatable bonds is 6. The number of fused-ring (bicyclic) bond motifs is 1. The number of imidazole rings is 1. The predicted octanol–water partition coefficient (Wildman–Crippen LogP) is 3.97. The quantitative estimate of drug-likeness (QED) is 0.741. The van der Waals surface area contributed by atoms with Gasteiger partial charge in [-0.05, 0) is 37.1 Å². The Labute approximate surface area is 148 Å². The van der Waals surface area contributed by atoms with E-state index in [2.05, 4.69) is 34.8 Å². The number of pyridine rings is 1. The van der Waals surface area contributed by atoms with Crippen molar-refractivity contribution < 1.29 is 4.79 Å². The summed E-state index contributed by atoms with van der Waals surface area (Å²) in [6.07, 6.45) is 2.72. The van der Waals surface area contributed by atoms with Crippen molar-refractivity contribution in [3.63, 3.8) is 0 Å². The number of nitrogens with one attached hydrogen (secondary N) is 1. The number of benzene rings is 1. The van der Waals surface area contributed by atoms with Gasteiger partial charge in [-0.3, -0.25) is 9.78 Å². The number of hydrogen-bond acceptors (Lipinski definition) is 3. The molecule has 5 nitrogen and oxygen atoms in total. The highest BCUT2D eigenvalue weighted by atomic mass is 16.1. The van der Waals surface area contributed by atoms with E-state index in [1.165, 1.54) is 0 Å². The first-order chi connectivity index (χ1) is 12.1. The Morgan fingerprint density at radius 2 is 1.92 bits per heavy atom. The molecule has 2 unspecified atom stereocenters. The van der Waals surface area contributed by atoms with Crippen LogP contribution in [0.15, 0.2) is 48.7 Å². The van der Waals surface area contributed by atoms with Crippen LogP contribution in [0.1, 0.15) is 49.5 Å². The molecule has 0 aliphatic carbocycles. The summed E-state index contributed by atoms with van der Waals surface area (Å²) in [6.45, 7) is 7.27. The minimum Gasteiger partial charge on any atom is -0.341 e. The first-order valence-electron chi connectivity index (χ1n) is 8.77. The summed E-state index contributed by atoms with van der Waals surface area (Å²) >= 11 is 0. The van der Waals surface area contributed by atoms with Gasteiger partial charge in [0.2, 0.25) is 0 Å². The average Bonchev–Trinajstić information content (AvgIpc) is 3.01. The summed E-state index contributed by atoms with van der Waals surface area (Å²) < 4.78 is 2.23. The van der Waals surface area contributed by atoms with E-state index in [1.54, 1.807) is 18.3 Å². The van der Waals surface area contributed by atoms with E-state index in [0.717, 1.165) is 29.8 Å². The third-order valence-corrected chi connectivity index (χ3v) is 4.51. The molecule has 0 saturated carbocycles. The first-order valence-corrected chi connectivity index (χ1v) is 8.77. The first kappa shape index (κ1) is 17.1. The Morgan fingerprint density at radius 1 is 1.16 bits per heavy atom. The van der Waals surface area contributed by atoms with Crippen molar-refractivity contribution in [2.24, 2.45) is 5.92 Å². The van der Waals surface area contributed by atoms with E-state index in [4.69, 9.17) is 4.98 Å². The van der Waals surface area contributed by atoms with Crippen LogP contribution in [0.3, 0.4) is 0 Å². The van der Waals surface area contributed by atoms with Crippen molar-refractivity contribution in [2.75, 3.05) is 0 Å². The normalized spacial score (nSPS) is 13.6. The second kappa shape index (κ2) is 7.47. The Hall–Kier alpha value is -2.69. The summed E-state index contributed by atoms with van der Waals surface area (Å²) in [5.74, 6) is 1.23. The smallest absolute Gasteiger partial charge is 0.270 e. The molecule has 2 aromatic heterocycles. The lowest BCUT2D eigenvalue weighted by Gasteiger charge is -2.18. The van der Waals surface area contributed by atoms with E-state index < -0.39 is 0 Å². The van der Waals surface area contributed by atoms with Crippen molar-refractivity contribution in [1.82, 2.24) is 19.9 Å². The molecule has 0 radical (unpaired) electrons. The number of carbonyl (C=O) groups excluding carboxylic acids is 1. The highest BCUT2D eigenvalue weighted by molar-refractivity contribution is 5.92. The monoisotopic (exact) mass is 336 g/mol. The van der Waals surface area contributed by atoms with Gasteiger partial charge in [0, 0.05) is 12.7 Å². The Balaban J connectivity index is 1.91. The van der Waals surface area contributed by atoms with Gasteiger partial charge in [-0.15, -0.1) is 0 Å². The third kappa shape index (κ3) is 3.71. The zero-order chi connectivity index (χ0) is 17.8. The number of amides is 1. The number of para-hydroxylation sites is 2. The van der Waals surface area contributed by atoms with Crippen LogP contribution in [0.2, 0.25) is 0 Å². The largest absolute Gasteiger partial charge is 0.341 e. The van der Waals surface area contributed by atoms with Gasteiger partial charge in [0.1, 0.15) is 11.5 Å². The molecule has 0 aliphatic rings. The second-order valence-electron chi connectivity index (χ2n) is 6.49. The van der Waals surface area contributed by atoms with E-state index in [-0.39, 0.29) is 11.9 Å². The number of carbonyl (C=O) groups is 1. The molecule has 5 heteroatoms. The molecule has 25 heavy (non-hydrogen) atoms. The second-order valence-corrected chi connectivity index (χ2v) is 6.49. The molecule has 0 saturated heterocycles. The molecule has 2 heterocycles. The maximum Gasteiger partial charge on any atom is 0.270 e. The van der Waals surface area contributed by atoms with Crippen LogP contribution in [0.4, 0.5) is 0 Å². The topological polar surface area (TPSA) is 59.8 Å². The van der Waals surface area contributed by atoms with Crippen molar-refractivity contribution in [2.45, 2.75) is 39.8 Å². The maximum atomic E-state index is 12.4. The molecule has 3 aromatic rings. The van der Waals surface area contributed by atoms with Gasteiger partial charge in [-0.25, -0.2) is 4.98 Å². The summed E-state index contributed by atoms with van der Waals surface area (Å²) in [5.41, 5.74) is 2.48. The van der Waals surface area contributed by atoms with Gasteiger partial charge >= 0.3 is 0 Å². The molecule has 0 aliphatic heterocycles. The lowest BCUT2D eigenvalue weighted by molar-refractivity contribution is 0.0932. The molecule has 0 spiro atoms.